The molecule has 4 nitrogen and oxygen atoms in total. The number of halogens is 2. The van der Waals surface area contributed by atoms with Crippen LogP contribution in [-0.4, -0.2) is 28.8 Å². The van der Waals surface area contributed by atoms with Crippen LogP contribution in [-0.2, 0) is 11.2 Å². The van der Waals surface area contributed by atoms with E-state index in [4.69, 9.17) is 17.3 Å². The highest BCUT2D eigenvalue weighted by Crippen LogP contribution is 2.29. The predicted octanol–water partition coefficient (Wildman–Crippen LogP) is 3.49. The third-order valence-corrected chi connectivity index (χ3v) is 4.65. The molecule has 0 aliphatic rings. The van der Waals surface area contributed by atoms with Gasteiger partial charge < -0.3 is 15.9 Å². The fourth-order valence-electron chi connectivity index (χ4n) is 2.73. The topological polar surface area (TPSA) is 83.5 Å². The number of carboxylic acid groups (broad SMARTS) is 1. The Bertz CT molecular complexity index is 768. The van der Waals surface area contributed by atoms with E-state index < -0.39 is 24.0 Å². The summed E-state index contributed by atoms with van der Waals surface area (Å²) in [6.45, 7) is 0.966. The van der Waals surface area contributed by atoms with Gasteiger partial charge in [0.1, 0.15) is 5.82 Å². The van der Waals surface area contributed by atoms with E-state index in [-0.39, 0.29) is 12.2 Å². The molecule has 0 spiro atoms. The van der Waals surface area contributed by atoms with E-state index in [1.165, 1.54) is 13.0 Å². The molecule has 134 valence electrons. The zero-order valence-electron chi connectivity index (χ0n) is 13.9. The molecule has 0 aliphatic carbocycles. The van der Waals surface area contributed by atoms with Gasteiger partial charge in [-0.05, 0) is 43.0 Å². The minimum absolute atomic E-state index is 0.115. The number of nitrogens with two attached hydrogens (primary N) is 1. The van der Waals surface area contributed by atoms with E-state index in [1.54, 1.807) is 36.4 Å². The van der Waals surface area contributed by atoms with Gasteiger partial charge in [0.05, 0.1) is 12.0 Å². The largest absolute Gasteiger partial charge is 0.481 e. The van der Waals surface area contributed by atoms with Gasteiger partial charge in [-0.25, -0.2) is 4.39 Å². The Morgan fingerprint density at radius 3 is 2.56 bits per heavy atom. The summed E-state index contributed by atoms with van der Waals surface area (Å²) in [5.41, 5.74) is 6.63. The summed E-state index contributed by atoms with van der Waals surface area (Å²) in [4.78, 5) is 11.3. The predicted molar refractivity (Wildman–Crippen MR) is 96.0 cm³/mol. The van der Waals surface area contributed by atoms with Crippen molar-refractivity contribution in [3.8, 4) is 11.1 Å². The zero-order valence-corrected chi connectivity index (χ0v) is 14.6. The van der Waals surface area contributed by atoms with Gasteiger partial charge in [0.15, 0.2) is 0 Å². The second-order valence-corrected chi connectivity index (χ2v) is 6.89. The third-order valence-electron chi connectivity index (χ3n) is 4.30. The number of carbonyl (C=O) groups is 1. The first-order valence-electron chi connectivity index (χ1n) is 7.90. The summed E-state index contributed by atoms with van der Waals surface area (Å²) >= 11 is 6.30. The first kappa shape index (κ1) is 19.4. The van der Waals surface area contributed by atoms with Crippen LogP contribution in [0.25, 0.3) is 11.1 Å². The summed E-state index contributed by atoms with van der Waals surface area (Å²) in [6.07, 6.45) is 0.476. The molecule has 0 radical (unpaired) electrons. The lowest BCUT2D eigenvalue weighted by molar-refractivity contribution is -0.151. The summed E-state index contributed by atoms with van der Waals surface area (Å²) in [5.74, 6) is -1.42. The molecule has 0 amide bonds. The molecule has 0 saturated heterocycles. The van der Waals surface area contributed by atoms with Crippen LogP contribution in [0.15, 0.2) is 42.5 Å². The smallest absolute Gasteiger partial charge is 0.311 e. The summed E-state index contributed by atoms with van der Waals surface area (Å²) in [6, 6.07) is 11.1. The van der Waals surface area contributed by atoms with Crippen molar-refractivity contribution in [3.63, 3.8) is 0 Å². The molecule has 0 fully saturated rings. The lowest BCUT2D eigenvalue weighted by Crippen LogP contribution is -2.39. The van der Waals surface area contributed by atoms with Crippen molar-refractivity contribution in [2.24, 2.45) is 11.1 Å². The van der Waals surface area contributed by atoms with Crippen LogP contribution in [0.2, 0.25) is 5.02 Å². The number of aliphatic hydroxyl groups is 1. The molecule has 0 heterocycles. The molecule has 2 aromatic rings. The molecule has 0 bridgehead atoms. The molecular formula is C19H21ClFNO3. The molecule has 0 saturated carbocycles. The maximum absolute atomic E-state index is 13.9. The lowest BCUT2D eigenvalue weighted by atomic mass is 9.83. The Kier molecular flexibility index (Phi) is 6.16. The number of hydrogen-bond acceptors (Lipinski definition) is 3. The van der Waals surface area contributed by atoms with E-state index >= 15 is 0 Å². The zero-order chi connectivity index (χ0) is 18.6. The van der Waals surface area contributed by atoms with Gasteiger partial charge in [-0.15, -0.1) is 0 Å². The Morgan fingerprint density at radius 2 is 2.00 bits per heavy atom. The van der Waals surface area contributed by atoms with E-state index in [9.17, 15) is 19.4 Å². The van der Waals surface area contributed by atoms with E-state index in [0.717, 1.165) is 5.56 Å². The van der Waals surface area contributed by atoms with Crippen LogP contribution in [0, 0.1) is 11.2 Å². The van der Waals surface area contributed by atoms with Crippen molar-refractivity contribution in [1.82, 2.24) is 0 Å². The van der Waals surface area contributed by atoms with Crippen molar-refractivity contribution in [1.29, 1.82) is 0 Å². The molecule has 0 aliphatic heterocycles. The Morgan fingerprint density at radius 1 is 1.32 bits per heavy atom. The summed E-state index contributed by atoms with van der Waals surface area (Å²) < 4.78 is 13.9. The molecule has 2 aromatic carbocycles. The fraction of sp³-hybridized carbons (Fsp3) is 0.316. The SMILES string of the molecule is CC(CO)(C[C@@H](N)Cc1ccc(-c2ccccc2F)cc1Cl)C(=O)O. The Hall–Kier alpha value is -1.95. The summed E-state index contributed by atoms with van der Waals surface area (Å²) in [7, 11) is 0. The van der Waals surface area contributed by atoms with E-state index in [0.29, 0.717) is 22.6 Å². The molecule has 25 heavy (non-hydrogen) atoms. The van der Waals surface area contributed by atoms with Crippen LogP contribution in [0.4, 0.5) is 4.39 Å². The van der Waals surface area contributed by atoms with Crippen LogP contribution in [0.1, 0.15) is 18.9 Å². The monoisotopic (exact) mass is 365 g/mol. The first-order valence-corrected chi connectivity index (χ1v) is 8.28. The normalized spacial score (nSPS) is 14.8. The first-order chi connectivity index (χ1) is 11.8. The highest BCUT2D eigenvalue weighted by Gasteiger charge is 2.34. The van der Waals surface area contributed by atoms with Crippen LogP contribution in [0.3, 0.4) is 0 Å². The van der Waals surface area contributed by atoms with Crippen molar-refractivity contribution >= 4 is 17.6 Å². The molecule has 2 atom stereocenters. The van der Waals surface area contributed by atoms with Crippen LogP contribution in [0.5, 0.6) is 0 Å². The average molecular weight is 366 g/mol. The van der Waals surface area contributed by atoms with E-state index in [1.807, 2.05) is 0 Å². The third kappa shape index (κ3) is 4.57. The van der Waals surface area contributed by atoms with Gasteiger partial charge in [-0.2, -0.15) is 0 Å². The van der Waals surface area contributed by atoms with Gasteiger partial charge in [-0.1, -0.05) is 41.9 Å². The Balaban J connectivity index is 2.16. The number of aliphatic carboxylic acids is 1. The molecule has 2 rings (SSSR count). The fourth-order valence-corrected chi connectivity index (χ4v) is 2.99. The van der Waals surface area contributed by atoms with Crippen molar-refractivity contribution in [2.75, 3.05) is 6.61 Å². The van der Waals surface area contributed by atoms with Gasteiger partial charge in [-0.3, -0.25) is 4.79 Å². The average Bonchev–Trinajstić information content (AvgIpc) is 2.57. The number of carboxylic acids is 1. The number of aliphatic hydroxyl groups excluding tert-OH is 1. The van der Waals surface area contributed by atoms with Crippen molar-refractivity contribution in [2.45, 2.75) is 25.8 Å². The van der Waals surface area contributed by atoms with Gasteiger partial charge in [0.2, 0.25) is 0 Å². The minimum atomic E-state index is -1.29. The molecule has 4 N–H and O–H groups in total. The Labute approximate surface area is 151 Å². The van der Waals surface area contributed by atoms with Gasteiger partial charge in [0, 0.05) is 16.6 Å². The molecule has 1 unspecified atom stereocenters. The maximum atomic E-state index is 13.9. The van der Waals surface area contributed by atoms with E-state index in [2.05, 4.69) is 0 Å². The number of hydrogen-bond donors (Lipinski definition) is 3. The van der Waals surface area contributed by atoms with Gasteiger partial charge >= 0.3 is 5.97 Å². The number of rotatable bonds is 7. The standard InChI is InChI=1S/C19H21ClFNO3/c1-19(11-23,18(24)25)10-14(22)8-13-7-6-12(9-16(13)20)15-4-2-3-5-17(15)21/h2-7,9,14,23H,8,10-11,22H2,1H3,(H,24,25)/t14-,19?/m0/s1. The minimum Gasteiger partial charge on any atom is -0.481 e. The molecule has 0 aromatic heterocycles. The van der Waals surface area contributed by atoms with Crippen molar-refractivity contribution < 1.29 is 19.4 Å². The highest BCUT2D eigenvalue weighted by atomic mass is 35.5. The highest BCUT2D eigenvalue weighted by molar-refractivity contribution is 6.31. The second kappa shape index (κ2) is 7.95. The van der Waals surface area contributed by atoms with Crippen LogP contribution < -0.4 is 5.73 Å². The maximum Gasteiger partial charge on any atom is 0.311 e. The second-order valence-electron chi connectivity index (χ2n) is 6.48. The lowest BCUT2D eigenvalue weighted by Gasteiger charge is -2.26. The van der Waals surface area contributed by atoms with Gasteiger partial charge in [0.25, 0.3) is 0 Å². The summed E-state index contributed by atoms with van der Waals surface area (Å²) in [5, 5.41) is 19.0. The number of benzene rings is 2. The quantitative estimate of drug-likeness (QED) is 0.701. The van der Waals surface area contributed by atoms with Crippen molar-refractivity contribution in [3.05, 3.63) is 58.9 Å². The molecule has 6 heteroatoms. The van der Waals surface area contributed by atoms with Crippen LogP contribution >= 0.6 is 11.6 Å². The molecular weight excluding hydrogens is 345 g/mol.